The summed E-state index contributed by atoms with van der Waals surface area (Å²) in [6.45, 7) is 7.31. The Morgan fingerprint density at radius 1 is 1.17 bits per heavy atom. The van der Waals surface area contributed by atoms with Crippen molar-refractivity contribution in [1.82, 2.24) is 10.2 Å². The molecule has 160 valence electrons. The van der Waals surface area contributed by atoms with E-state index in [9.17, 15) is 4.79 Å². The molecule has 0 aromatic heterocycles. The summed E-state index contributed by atoms with van der Waals surface area (Å²) in [6, 6.07) is 16.6. The number of piperazine rings is 1. The van der Waals surface area contributed by atoms with Gasteiger partial charge in [-0.2, -0.15) is 0 Å². The summed E-state index contributed by atoms with van der Waals surface area (Å²) in [7, 11) is 1.65. The van der Waals surface area contributed by atoms with E-state index in [0.717, 1.165) is 43.2 Å². The molecular formula is C24H31N3O3. The van der Waals surface area contributed by atoms with E-state index in [4.69, 9.17) is 9.47 Å². The van der Waals surface area contributed by atoms with E-state index in [1.807, 2.05) is 18.2 Å². The molecule has 0 saturated carbocycles. The van der Waals surface area contributed by atoms with Crippen molar-refractivity contribution in [2.45, 2.75) is 19.4 Å². The lowest BCUT2D eigenvalue weighted by atomic mass is 9.95. The van der Waals surface area contributed by atoms with Gasteiger partial charge in [0.1, 0.15) is 18.1 Å². The first-order chi connectivity index (χ1) is 14.6. The van der Waals surface area contributed by atoms with Gasteiger partial charge in [0.2, 0.25) is 5.91 Å². The van der Waals surface area contributed by atoms with Crippen molar-refractivity contribution in [2.24, 2.45) is 5.92 Å². The number of carbonyl (C=O) groups excluding carboxylic acids is 1. The molecule has 2 aromatic carbocycles. The number of hydrogen-bond acceptors (Lipinski definition) is 5. The van der Waals surface area contributed by atoms with Crippen LogP contribution in [-0.2, 0) is 11.2 Å². The molecule has 2 aromatic rings. The third-order valence-corrected chi connectivity index (χ3v) is 6.18. The monoisotopic (exact) mass is 409 g/mol. The summed E-state index contributed by atoms with van der Waals surface area (Å²) in [5.74, 6) is 1.55. The lowest BCUT2D eigenvalue weighted by molar-refractivity contribution is -0.126. The van der Waals surface area contributed by atoms with Crippen molar-refractivity contribution in [2.75, 3.05) is 51.3 Å². The van der Waals surface area contributed by atoms with Crippen molar-refractivity contribution in [3.05, 3.63) is 54.1 Å². The number of hydrogen-bond donors (Lipinski definition) is 1. The van der Waals surface area contributed by atoms with Crippen LogP contribution in [0, 0.1) is 5.92 Å². The molecule has 1 amide bonds. The highest BCUT2D eigenvalue weighted by Gasteiger charge is 2.27. The largest absolute Gasteiger partial charge is 0.497 e. The molecule has 2 aliphatic heterocycles. The number of nitrogens with one attached hydrogen (secondary N) is 1. The highest BCUT2D eigenvalue weighted by molar-refractivity contribution is 5.79. The predicted octanol–water partition coefficient (Wildman–Crippen LogP) is 2.57. The van der Waals surface area contributed by atoms with Gasteiger partial charge in [-0.05, 0) is 49.2 Å². The highest BCUT2D eigenvalue weighted by Crippen LogP contribution is 2.30. The number of methoxy groups -OCH3 is 1. The van der Waals surface area contributed by atoms with Gasteiger partial charge in [-0.25, -0.2) is 0 Å². The van der Waals surface area contributed by atoms with Crippen molar-refractivity contribution >= 4 is 11.6 Å². The minimum Gasteiger partial charge on any atom is -0.497 e. The van der Waals surface area contributed by atoms with Gasteiger partial charge < -0.3 is 19.7 Å². The third-order valence-electron chi connectivity index (χ3n) is 6.18. The van der Waals surface area contributed by atoms with E-state index in [1.54, 1.807) is 7.11 Å². The van der Waals surface area contributed by atoms with E-state index in [1.165, 1.54) is 5.69 Å². The Bertz CT molecular complexity index is 850. The van der Waals surface area contributed by atoms with Crippen molar-refractivity contribution in [3.8, 4) is 11.5 Å². The molecule has 6 heteroatoms. The van der Waals surface area contributed by atoms with Gasteiger partial charge >= 0.3 is 0 Å². The summed E-state index contributed by atoms with van der Waals surface area (Å²) in [6.07, 6.45) is 0.683. The van der Waals surface area contributed by atoms with Crippen LogP contribution < -0.4 is 19.7 Å². The molecule has 1 saturated heterocycles. The smallest absolute Gasteiger partial charge is 0.226 e. The van der Waals surface area contributed by atoms with Gasteiger partial charge in [0.15, 0.2) is 0 Å². The van der Waals surface area contributed by atoms with Crippen LogP contribution in [0.25, 0.3) is 0 Å². The van der Waals surface area contributed by atoms with Crippen LogP contribution in [0.5, 0.6) is 11.5 Å². The number of fused-ring (bicyclic) bond motifs is 1. The minimum atomic E-state index is -0.160. The molecule has 2 heterocycles. The van der Waals surface area contributed by atoms with Crippen LogP contribution in [-0.4, -0.2) is 63.3 Å². The lowest BCUT2D eigenvalue weighted by Crippen LogP contribution is -2.53. The van der Waals surface area contributed by atoms with Crippen molar-refractivity contribution < 1.29 is 14.3 Å². The molecule has 0 aliphatic carbocycles. The molecular weight excluding hydrogens is 378 g/mol. The summed E-state index contributed by atoms with van der Waals surface area (Å²) < 4.78 is 11.1. The number of benzene rings is 2. The van der Waals surface area contributed by atoms with Gasteiger partial charge in [-0.3, -0.25) is 9.69 Å². The SMILES string of the molecule is COc1ccc2c(c1)CC(C(=O)NCC(C)N1CCN(c3ccccc3)CC1)CO2. The van der Waals surface area contributed by atoms with Crippen LogP contribution in [0.15, 0.2) is 48.5 Å². The average Bonchev–Trinajstić information content (AvgIpc) is 2.82. The van der Waals surface area contributed by atoms with Crippen molar-refractivity contribution in [1.29, 1.82) is 0 Å². The van der Waals surface area contributed by atoms with Gasteiger partial charge in [-0.1, -0.05) is 18.2 Å². The topological polar surface area (TPSA) is 54.0 Å². The minimum absolute atomic E-state index is 0.0678. The fraction of sp³-hybridized carbons (Fsp3) is 0.458. The first-order valence-electron chi connectivity index (χ1n) is 10.8. The number of nitrogens with zero attached hydrogens (tertiary/aromatic N) is 2. The highest BCUT2D eigenvalue weighted by atomic mass is 16.5. The molecule has 2 unspecified atom stereocenters. The molecule has 0 spiro atoms. The quantitative estimate of drug-likeness (QED) is 0.795. The average molecular weight is 410 g/mol. The maximum atomic E-state index is 12.7. The third kappa shape index (κ3) is 4.70. The fourth-order valence-corrected chi connectivity index (χ4v) is 4.25. The van der Waals surface area contributed by atoms with Crippen LogP contribution in [0.1, 0.15) is 12.5 Å². The molecule has 30 heavy (non-hydrogen) atoms. The van der Waals surface area contributed by atoms with Gasteiger partial charge in [0.05, 0.1) is 13.0 Å². The van der Waals surface area contributed by atoms with E-state index in [-0.39, 0.29) is 11.8 Å². The predicted molar refractivity (Wildman–Crippen MR) is 118 cm³/mol. The molecule has 4 rings (SSSR count). The Kier molecular flexibility index (Phi) is 6.43. The summed E-state index contributed by atoms with van der Waals surface area (Å²) in [5.41, 5.74) is 2.32. The van der Waals surface area contributed by atoms with Crippen LogP contribution in [0.4, 0.5) is 5.69 Å². The van der Waals surface area contributed by atoms with Gasteiger partial charge in [0, 0.05) is 44.5 Å². The lowest BCUT2D eigenvalue weighted by Gasteiger charge is -2.39. The summed E-state index contributed by atoms with van der Waals surface area (Å²) in [5, 5.41) is 3.15. The molecule has 0 bridgehead atoms. The zero-order valence-corrected chi connectivity index (χ0v) is 17.8. The Hall–Kier alpha value is -2.73. The van der Waals surface area contributed by atoms with Gasteiger partial charge in [-0.15, -0.1) is 0 Å². The molecule has 6 nitrogen and oxygen atoms in total. The van der Waals surface area contributed by atoms with E-state index >= 15 is 0 Å². The zero-order chi connectivity index (χ0) is 20.9. The first kappa shape index (κ1) is 20.5. The normalized spacial score (nSPS) is 20.1. The number of para-hydroxylation sites is 1. The Balaban J connectivity index is 1.24. The molecule has 2 aliphatic rings. The second kappa shape index (κ2) is 9.39. The Labute approximate surface area is 178 Å². The summed E-state index contributed by atoms with van der Waals surface area (Å²) >= 11 is 0. The van der Waals surface area contributed by atoms with Crippen molar-refractivity contribution in [3.63, 3.8) is 0 Å². The Morgan fingerprint density at radius 2 is 1.93 bits per heavy atom. The molecule has 1 fully saturated rings. The second-order valence-corrected chi connectivity index (χ2v) is 8.14. The van der Waals surface area contributed by atoms with E-state index < -0.39 is 0 Å². The zero-order valence-electron chi connectivity index (χ0n) is 17.8. The molecule has 1 N–H and O–H groups in total. The standard InChI is InChI=1S/C24H31N3O3/c1-18(26-10-12-27(13-11-26)21-6-4-3-5-7-21)16-25-24(28)20-14-19-15-22(29-2)8-9-23(19)30-17-20/h3-9,15,18,20H,10-14,16-17H2,1-2H3,(H,25,28). The fourth-order valence-electron chi connectivity index (χ4n) is 4.25. The maximum Gasteiger partial charge on any atom is 0.226 e. The number of anilines is 1. The molecule has 0 radical (unpaired) electrons. The maximum absolute atomic E-state index is 12.7. The number of ether oxygens (including phenoxy) is 2. The Morgan fingerprint density at radius 3 is 2.67 bits per heavy atom. The summed E-state index contributed by atoms with van der Waals surface area (Å²) in [4.78, 5) is 17.6. The van der Waals surface area contributed by atoms with Crippen LogP contribution in [0.2, 0.25) is 0 Å². The van der Waals surface area contributed by atoms with Crippen LogP contribution in [0.3, 0.4) is 0 Å². The second-order valence-electron chi connectivity index (χ2n) is 8.14. The number of amides is 1. The van der Waals surface area contributed by atoms with E-state index in [0.29, 0.717) is 25.6 Å². The number of carbonyl (C=O) groups is 1. The first-order valence-corrected chi connectivity index (χ1v) is 10.8. The molecule has 2 atom stereocenters. The van der Waals surface area contributed by atoms with Gasteiger partial charge in [0.25, 0.3) is 0 Å². The van der Waals surface area contributed by atoms with Crippen LogP contribution >= 0.6 is 0 Å². The number of rotatable bonds is 6. The van der Waals surface area contributed by atoms with E-state index in [2.05, 4.69) is 52.4 Å².